The summed E-state index contributed by atoms with van der Waals surface area (Å²) in [5, 5.41) is 2.92. The van der Waals surface area contributed by atoms with Crippen molar-refractivity contribution in [3.8, 4) is 0 Å². The van der Waals surface area contributed by atoms with E-state index < -0.39 is 20.2 Å². The average Bonchev–Trinajstić information content (AvgIpc) is 2.31. The number of anilines is 1. The van der Waals surface area contributed by atoms with E-state index in [0.717, 1.165) is 12.1 Å². The van der Waals surface area contributed by atoms with Crippen LogP contribution >= 0.6 is 0 Å². The van der Waals surface area contributed by atoms with Gasteiger partial charge in [-0.1, -0.05) is 20.3 Å². The van der Waals surface area contributed by atoms with Crippen LogP contribution in [0.4, 0.5) is 18.9 Å². The highest BCUT2D eigenvalue weighted by molar-refractivity contribution is 7.92. The molecular formula is C13H20F3NO2S. The van der Waals surface area contributed by atoms with Gasteiger partial charge >= 0.3 is 5.51 Å². The van der Waals surface area contributed by atoms with Gasteiger partial charge in [-0.2, -0.15) is 13.2 Å². The first-order chi connectivity index (χ1) is 9.11. The maximum Gasteiger partial charge on any atom is 0.501 e. The van der Waals surface area contributed by atoms with E-state index in [1.54, 1.807) is 6.92 Å². The largest absolute Gasteiger partial charge is 0.501 e. The van der Waals surface area contributed by atoms with Crippen LogP contribution in [0, 0.1) is 6.92 Å². The molecule has 0 atom stereocenters. The minimum absolute atomic E-state index is 0.456. The van der Waals surface area contributed by atoms with Gasteiger partial charge in [-0.15, -0.1) is 0 Å². The molecule has 0 aliphatic carbocycles. The zero-order valence-electron chi connectivity index (χ0n) is 12.0. The highest BCUT2D eigenvalue weighted by Gasteiger charge is 2.46. The lowest BCUT2D eigenvalue weighted by atomic mass is 10.2. The van der Waals surface area contributed by atoms with Crippen molar-refractivity contribution in [1.82, 2.24) is 0 Å². The van der Waals surface area contributed by atoms with Crippen LogP contribution in [0.25, 0.3) is 0 Å². The van der Waals surface area contributed by atoms with Gasteiger partial charge in [0.25, 0.3) is 9.84 Å². The van der Waals surface area contributed by atoms with Gasteiger partial charge in [0.2, 0.25) is 0 Å². The number of hydrogen-bond donors (Lipinski definition) is 1. The van der Waals surface area contributed by atoms with Crippen molar-refractivity contribution in [2.75, 3.05) is 11.9 Å². The second kappa shape index (κ2) is 7.52. The molecule has 0 spiro atoms. The smallest absolute Gasteiger partial charge is 0.385 e. The van der Waals surface area contributed by atoms with Crippen LogP contribution in [0.5, 0.6) is 0 Å². The van der Waals surface area contributed by atoms with E-state index in [9.17, 15) is 21.6 Å². The van der Waals surface area contributed by atoms with Crippen LogP contribution < -0.4 is 5.32 Å². The number of halogens is 3. The summed E-state index contributed by atoms with van der Waals surface area (Å²) in [7, 11) is -5.26. The predicted octanol–water partition coefficient (Wildman–Crippen LogP) is 4.14. The Kier molecular flexibility index (Phi) is 7.05. The van der Waals surface area contributed by atoms with Crippen molar-refractivity contribution in [3.63, 3.8) is 0 Å². The molecule has 1 aromatic carbocycles. The normalized spacial score (nSPS) is 11.6. The lowest BCUT2D eigenvalue weighted by Gasteiger charge is -2.11. The Bertz CT molecular complexity index is 525. The zero-order valence-corrected chi connectivity index (χ0v) is 12.8. The fourth-order valence-electron chi connectivity index (χ4n) is 1.33. The fraction of sp³-hybridized carbons (Fsp3) is 0.538. The number of sulfone groups is 1. The Morgan fingerprint density at radius 3 is 2.00 bits per heavy atom. The third-order valence-electron chi connectivity index (χ3n) is 2.18. The molecule has 7 heteroatoms. The molecule has 116 valence electrons. The van der Waals surface area contributed by atoms with Gasteiger partial charge in [-0.3, -0.25) is 0 Å². The first-order valence-electron chi connectivity index (χ1n) is 6.27. The molecule has 0 aliphatic rings. The number of benzene rings is 1. The quantitative estimate of drug-likeness (QED) is 0.912. The zero-order chi connectivity index (χ0) is 16.0. The third kappa shape index (κ3) is 4.70. The fourth-order valence-corrected chi connectivity index (χ4v) is 2.17. The highest BCUT2D eigenvalue weighted by Crippen LogP contribution is 2.31. The SMILES string of the molecule is CCC.CCNc1ccc(S(=O)(=O)C(F)(F)F)cc1C. The van der Waals surface area contributed by atoms with Crippen molar-refractivity contribution < 1.29 is 21.6 Å². The Morgan fingerprint density at radius 2 is 1.65 bits per heavy atom. The molecule has 0 unspecified atom stereocenters. The maximum absolute atomic E-state index is 12.3. The van der Waals surface area contributed by atoms with E-state index in [1.807, 2.05) is 6.92 Å². The van der Waals surface area contributed by atoms with Crippen molar-refractivity contribution in [2.45, 2.75) is 44.5 Å². The number of hydrogen-bond acceptors (Lipinski definition) is 3. The lowest BCUT2D eigenvalue weighted by Crippen LogP contribution is -2.23. The summed E-state index contributed by atoms with van der Waals surface area (Å²) in [6.45, 7) is 8.24. The third-order valence-corrected chi connectivity index (χ3v) is 3.66. The molecule has 0 aromatic heterocycles. The Labute approximate surface area is 118 Å². The highest BCUT2D eigenvalue weighted by atomic mass is 32.2. The van der Waals surface area contributed by atoms with Crippen LogP contribution in [0.1, 0.15) is 32.8 Å². The molecule has 0 saturated heterocycles. The maximum atomic E-state index is 12.3. The Hall–Kier alpha value is -1.24. The molecule has 0 radical (unpaired) electrons. The van der Waals surface area contributed by atoms with Gasteiger partial charge in [0.15, 0.2) is 0 Å². The molecule has 1 aromatic rings. The van der Waals surface area contributed by atoms with Crippen molar-refractivity contribution in [3.05, 3.63) is 23.8 Å². The molecule has 0 amide bonds. The van der Waals surface area contributed by atoms with Crippen LogP contribution in [0.3, 0.4) is 0 Å². The number of rotatable bonds is 3. The Balaban J connectivity index is 0.00000110. The molecule has 20 heavy (non-hydrogen) atoms. The molecule has 0 saturated carbocycles. The van der Waals surface area contributed by atoms with Crippen LogP contribution in [0.2, 0.25) is 0 Å². The second-order valence-corrected chi connectivity index (χ2v) is 6.10. The van der Waals surface area contributed by atoms with Gasteiger partial charge in [0, 0.05) is 12.2 Å². The van der Waals surface area contributed by atoms with Gasteiger partial charge in [0.1, 0.15) is 0 Å². The van der Waals surface area contributed by atoms with Gasteiger partial charge in [0.05, 0.1) is 4.90 Å². The summed E-state index contributed by atoms with van der Waals surface area (Å²) in [5.41, 5.74) is -4.19. The van der Waals surface area contributed by atoms with Gasteiger partial charge in [-0.25, -0.2) is 8.42 Å². The minimum atomic E-state index is -5.26. The van der Waals surface area contributed by atoms with E-state index in [-0.39, 0.29) is 0 Å². The second-order valence-electron chi connectivity index (χ2n) is 4.16. The molecule has 0 heterocycles. The van der Waals surface area contributed by atoms with Crippen molar-refractivity contribution in [1.29, 1.82) is 0 Å². The van der Waals surface area contributed by atoms with E-state index in [2.05, 4.69) is 19.2 Å². The summed E-state index contributed by atoms with van der Waals surface area (Å²) >= 11 is 0. The molecule has 1 rings (SSSR count). The summed E-state index contributed by atoms with van der Waals surface area (Å²) < 4.78 is 59.1. The van der Waals surface area contributed by atoms with Crippen LogP contribution in [-0.4, -0.2) is 20.5 Å². The van der Waals surface area contributed by atoms with Crippen molar-refractivity contribution in [2.24, 2.45) is 0 Å². The minimum Gasteiger partial charge on any atom is -0.385 e. The summed E-state index contributed by atoms with van der Waals surface area (Å²) in [6, 6.07) is 3.30. The van der Waals surface area contributed by atoms with Crippen molar-refractivity contribution >= 4 is 15.5 Å². The number of alkyl halides is 3. The molecular weight excluding hydrogens is 291 g/mol. The number of nitrogens with one attached hydrogen (secondary N) is 1. The van der Waals surface area contributed by atoms with Gasteiger partial charge in [-0.05, 0) is 37.6 Å². The topological polar surface area (TPSA) is 46.2 Å². The van der Waals surface area contributed by atoms with Crippen LogP contribution in [0.15, 0.2) is 23.1 Å². The summed E-state index contributed by atoms with van der Waals surface area (Å²) in [6.07, 6.45) is 1.25. The summed E-state index contributed by atoms with van der Waals surface area (Å²) in [5.74, 6) is 0. The van der Waals surface area contributed by atoms with E-state index in [0.29, 0.717) is 17.8 Å². The molecule has 3 nitrogen and oxygen atoms in total. The summed E-state index contributed by atoms with van der Waals surface area (Å²) in [4.78, 5) is -0.732. The number of aryl methyl sites for hydroxylation is 1. The standard InChI is InChI=1S/C10H12F3NO2S.C3H8/c1-3-14-9-5-4-8(6-7(9)2)17(15,16)10(11,12)13;1-3-2/h4-6,14H,3H2,1-2H3;3H2,1-2H3. The molecule has 1 N–H and O–H groups in total. The molecule has 0 aliphatic heterocycles. The predicted molar refractivity (Wildman–Crippen MR) is 74.5 cm³/mol. The molecule has 0 fully saturated rings. The molecule has 0 bridgehead atoms. The Morgan fingerprint density at radius 1 is 1.15 bits per heavy atom. The van der Waals surface area contributed by atoms with E-state index >= 15 is 0 Å². The lowest BCUT2D eigenvalue weighted by molar-refractivity contribution is -0.0436. The van der Waals surface area contributed by atoms with E-state index in [4.69, 9.17) is 0 Å². The monoisotopic (exact) mass is 311 g/mol. The van der Waals surface area contributed by atoms with Crippen LogP contribution in [-0.2, 0) is 9.84 Å². The average molecular weight is 311 g/mol. The van der Waals surface area contributed by atoms with E-state index in [1.165, 1.54) is 12.5 Å². The first kappa shape index (κ1) is 18.8. The van der Waals surface area contributed by atoms with Gasteiger partial charge < -0.3 is 5.32 Å². The first-order valence-corrected chi connectivity index (χ1v) is 7.75.